The third kappa shape index (κ3) is 8.16. The highest BCUT2D eigenvalue weighted by molar-refractivity contribution is 6.01. The number of Topliss-reactive ketones (excluding diaryl/α,β-unsaturated/α-hetero) is 1. The van der Waals surface area contributed by atoms with Crippen LogP contribution in [0.5, 0.6) is 23.0 Å². The molecule has 9 heteroatoms. The first-order valence-corrected chi connectivity index (χ1v) is 16.5. The van der Waals surface area contributed by atoms with Crippen LogP contribution in [0.4, 0.5) is 5.69 Å². The number of esters is 2. The SMILES string of the molecule is COc1cccc(C(=O)Oc2ccc(C(=O)COC(=O)[C@H]3CC(=O)N(c4ccc(Oc5ccc(C(C)(C)c6ccccc6)cc5)cc4)C3)cc2)c1. The molecule has 6 rings (SSSR count). The zero-order valence-corrected chi connectivity index (χ0v) is 28.5. The molecule has 1 aliphatic heterocycles. The summed E-state index contributed by atoms with van der Waals surface area (Å²) < 4.78 is 21.9. The number of amides is 1. The fraction of sp³-hybridized carbons (Fsp3) is 0.190. The van der Waals surface area contributed by atoms with Gasteiger partial charge in [-0.2, -0.15) is 0 Å². The molecule has 0 radical (unpaired) electrons. The number of methoxy groups -OCH3 is 1. The van der Waals surface area contributed by atoms with Crippen LogP contribution in [0.1, 0.15) is 52.1 Å². The van der Waals surface area contributed by atoms with Gasteiger partial charge in [-0.05, 0) is 90.0 Å². The molecular formula is C42H37NO8. The summed E-state index contributed by atoms with van der Waals surface area (Å²) in [6.45, 7) is 4.03. The van der Waals surface area contributed by atoms with Gasteiger partial charge in [0, 0.05) is 29.6 Å². The summed E-state index contributed by atoms with van der Waals surface area (Å²) in [5.41, 5.74) is 3.46. The van der Waals surface area contributed by atoms with Crippen molar-refractivity contribution in [2.24, 2.45) is 5.92 Å². The highest BCUT2D eigenvalue weighted by atomic mass is 16.5. The number of ketones is 1. The lowest BCUT2D eigenvalue weighted by Gasteiger charge is -2.26. The van der Waals surface area contributed by atoms with Crippen molar-refractivity contribution in [2.75, 3.05) is 25.2 Å². The highest BCUT2D eigenvalue weighted by Gasteiger charge is 2.36. The van der Waals surface area contributed by atoms with E-state index in [1.54, 1.807) is 48.5 Å². The van der Waals surface area contributed by atoms with Crippen molar-refractivity contribution in [2.45, 2.75) is 25.7 Å². The van der Waals surface area contributed by atoms with E-state index in [4.69, 9.17) is 18.9 Å². The monoisotopic (exact) mass is 683 g/mol. The van der Waals surface area contributed by atoms with Gasteiger partial charge >= 0.3 is 11.9 Å². The standard InChI is InChI=1S/C42H37NO8/c1-42(2,31-9-5-4-6-10-31)32-14-20-34(21-15-32)50-35-22-16-33(17-23-35)43-26-30(25-39(43)45)40(46)49-27-38(44)28-12-18-36(19-13-28)51-41(47)29-8-7-11-37(24-29)48-3/h4-24,30H,25-27H2,1-3H3/t30-/m0/s1. The minimum atomic E-state index is -0.710. The Hall–Kier alpha value is -6.22. The molecule has 258 valence electrons. The van der Waals surface area contributed by atoms with Gasteiger partial charge in [0.2, 0.25) is 5.91 Å². The van der Waals surface area contributed by atoms with Crippen LogP contribution in [0.25, 0.3) is 0 Å². The lowest BCUT2D eigenvalue weighted by atomic mass is 9.78. The number of nitrogens with zero attached hydrogens (tertiary/aromatic N) is 1. The van der Waals surface area contributed by atoms with Crippen LogP contribution in [0.3, 0.4) is 0 Å². The van der Waals surface area contributed by atoms with E-state index in [0.717, 1.165) is 0 Å². The zero-order valence-electron chi connectivity index (χ0n) is 28.5. The molecule has 1 aliphatic rings. The molecule has 0 spiro atoms. The Morgan fingerprint density at radius 3 is 2.00 bits per heavy atom. The molecule has 1 heterocycles. The second-order valence-electron chi connectivity index (χ2n) is 12.7. The molecule has 0 aromatic heterocycles. The Morgan fingerprint density at radius 1 is 0.706 bits per heavy atom. The summed E-state index contributed by atoms with van der Waals surface area (Å²) in [5, 5.41) is 0. The summed E-state index contributed by atoms with van der Waals surface area (Å²) in [6.07, 6.45) is -0.0235. The van der Waals surface area contributed by atoms with E-state index in [-0.39, 0.29) is 35.6 Å². The van der Waals surface area contributed by atoms with Crippen molar-refractivity contribution in [3.63, 3.8) is 0 Å². The van der Waals surface area contributed by atoms with Crippen LogP contribution in [-0.4, -0.2) is 43.9 Å². The summed E-state index contributed by atoms with van der Waals surface area (Å²) in [7, 11) is 1.50. The van der Waals surface area contributed by atoms with Gasteiger partial charge in [0.25, 0.3) is 0 Å². The van der Waals surface area contributed by atoms with Gasteiger partial charge in [0.15, 0.2) is 12.4 Å². The lowest BCUT2D eigenvalue weighted by Crippen LogP contribution is -2.27. The molecular weight excluding hydrogens is 646 g/mol. The molecule has 0 aliphatic carbocycles. The number of benzene rings is 5. The van der Waals surface area contributed by atoms with Gasteiger partial charge in [0.1, 0.15) is 23.0 Å². The predicted octanol–water partition coefficient (Wildman–Crippen LogP) is 7.81. The van der Waals surface area contributed by atoms with Gasteiger partial charge < -0.3 is 23.8 Å². The van der Waals surface area contributed by atoms with E-state index in [1.807, 2.05) is 30.3 Å². The van der Waals surface area contributed by atoms with E-state index in [1.165, 1.54) is 47.4 Å². The second-order valence-corrected chi connectivity index (χ2v) is 12.7. The lowest BCUT2D eigenvalue weighted by molar-refractivity contribution is -0.147. The van der Waals surface area contributed by atoms with Gasteiger partial charge in [-0.1, -0.05) is 62.4 Å². The molecule has 5 aromatic rings. The Kier molecular flexibility index (Phi) is 10.3. The average molecular weight is 684 g/mol. The Morgan fingerprint density at radius 2 is 1.33 bits per heavy atom. The van der Waals surface area contributed by atoms with Gasteiger partial charge in [-0.3, -0.25) is 14.4 Å². The molecule has 1 atom stereocenters. The summed E-state index contributed by atoms with van der Waals surface area (Å²) >= 11 is 0. The van der Waals surface area contributed by atoms with Crippen LogP contribution < -0.4 is 19.1 Å². The Balaban J connectivity index is 0.980. The Labute approximate surface area is 296 Å². The molecule has 51 heavy (non-hydrogen) atoms. The van der Waals surface area contributed by atoms with Crippen molar-refractivity contribution in [1.29, 1.82) is 0 Å². The van der Waals surface area contributed by atoms with Crippen LogP contribution >= 0.6 is 0 Å². The average Bonchev–Trinajstić information content (AvgIpc) is 3.56. The summed E-state index contributed by atoms with van der Waals surface area (Å²) in [4.78, 5) is 52.4. The van der Waals surface area contributed by atoms with E-state index >= 15 is 0 Å². The third-order valence-electron chi connectivity index (χ3n) is 8.95. The van der Waals surface area contributed by atoms with E-state index in [0.29, 0.717) is 28.5 Å². The number of rotatable bonds is 12. The van der Waals surface area contributed by atoms with Crippen molar-refractivity contribution < 1.29 is 38.1 Å². The van der Waals surface area contributed by atoms with E-state index in [9.17, 15) is 19.2 Å². The second kappa shape index (κ2) is 15.1. The normalized spacial score (nSPS) is 14.1. The first-order chi connectivity index (χ1) is 24.6. The van der Waals surface area contributed by atoms with E-state index < -0.39 is 30.2 Å². The molecule has 9 nitrogen and oxygen atoms in total. The van der Waals surface area contributed by atoms with Gasteiger partial charge in [-0.15, -0.1) is 0 Å². The molecule has 0 saturated carbocycles. The Bertz CT molecular complexity index is 2020. The molecule has 0 N–H and O–H groups in total. The minimum absolute atomic E-state index is 0.0235. The minimum Gasteiger partial charge on any atom is -0.497 e. The van der Waals surface area contributed by atoms with Crippen LogP contribution in [0.2, 0.25) is 0 Å². The first kappa shape index (κ1) is 34.6. The predicted molar refractivity (Wildman–Crippen MR) is 192 cm³/mol. The summed E-state index contributed by atoms with van der Waals surface area (Å²) in [6, 6.07) is 38.0. The van der Waals surface area contributed by atoms with Crippen LogP contribution in [0.15, 0.2) is 127 Å². The largest absolute Gasteiger partial charge is 0.497 e. The zero-order chi connectivity index (χ0) is 36.0. The van der Waals surface area contributed by atoms with Gasteiger partial charge in [0.05, 0.1) is 18.6 Å². The number of hydrogen-bond acceptors (Lipinski definition) is 8. The number of ether oxygens (including phenoxy) is 4. The van der Waals surface area contributed by atoms with E-state index in [2.05, 4.69) is 38.1 Å². The summed E-state index contributed by atoms with van der Waals surface area (Å²) in [5.74, 6) is -0.482. The molecule has 1 fully saturated rings. The molecule has 0 unspecified atom stereocenters. The van der Waals surface area contributed by atoms with Crippen LogP contribution in [-0.2, 0) is 19.7 Å². The van der Waals surface area contributed by atoms with Crippen molar-refractivity contribution in [3.05, 3.63) is 150 Å². The number of hydrogen-bond donors (Lipinski definition) is 0. The maximum absolute atomic E-state index is 12.8. The molecule has 1 saturated heterocycles. The molecule has 0 bridgehead atoms. The van der Waals surface area contributed by atoms with Crippen molar-refractivity contribution in [1.82, 2.24) is 0 Å². The highest BCUT2D eigenvalue weighted by Crippen LogP contribution is 2.34. The van der Waals surface area contributed by atoms with Crippen LogP contribution in [0, 0.1) is 5.92 Å². The van der Waals surface area contributed by atoms with Gasteiger partial charge in [-0.25, -0.2) is 4.79 Å². The number of carbonyl (C=O) groups is 4. The quantitative estimate of drug-likeness (QED) is 0.0745. The fourth-order valence-corrected chi connectivity index (χ4v) is 5.87. The molecule has 5 aromatic carbocycles. The number of anilines is 1. The first-order valence-electron chi connectivity index (χ1n) is 16.5. The fourth-order valence-electron chi connectivity index (χ4n) is 5.87. The van der Waals surface area contributed by atoms with Crippen molar-refractivity contribution >= 4 is 29.3 Å². The number of carbonyl (C=O) groups excluding carboxylic acids is 4. The topological polar surface area (TPSA) is 108 Å². The maximum Gasteiger partial charge on any atom is 0.343 e. The maximum atomic E-state index is 12.8. The third-order valence-corrected chi connectivity index (χ3v) is 8.95. The molecule has 1 amide bonds. The van der Waals surface area contributed by atoms with Crippen molar-refractivity contribution in [3.8, 4) is 23.0 Å². The smallest absolute Gasteiger partial charge is 0.343 e.